The van der Waals surface area contributed by atoms with Gasteiger partial charge in [0.25, 0.3) is 0 Å². The number of nitrogens with zero attached hydrogens (tertiary/aromatic N) is 1. The van der Waals surface area contributed by atoms with Gasteiger partial charge >= 0.3 is 0 Å². The van der Waals surface area contributed by atoms with Crippen LogP contribution in [0.5, 0.6) is 11.5 Å². The Morgan fingerprint density at radius 1 is 1.14 bits per heavy atom. The number of carbonyl (C=O) groups excluding carboxylic acids is 4. The first-order valence-electron chi connectivity index (χ1n) is 12.1. The Hall–Kier alpha value is -3.92. The number of ether oxygens (including phenoxy) is 2. The standard InChI is InChI=1S/C26H26N4O6/c1-2-14-4-3-5-15-22(14)28-25(34)26(15)21-20(16(29-26)7-9-19(27)31)23(32)30(24(21)33)11-13-6-8-17-18(10-13)36-12-35-17/h3-6,8,10,16,20-21,29H,2,7,9,11-12H2,1H3,(H2,27,31)(H,28,34)/t16-,20-,21-,26-/m1/s1. The summed E-state index contributed by atoms with van der Waals surface area (Å²) >= 11 is 0. The van der Waals surface area contributed by atoms with Gasteiger partial charge in [0.05, 0.1) is 18.4 Å². The number of aryl methyl sites for hydroxylation is 1. The van der Waals surface area contributed by atoms with Gasteiger partial charge in [-0.3, -0.25) is 29.4 Å². The second-order valence-corrected chi connectivity index (χ2v) is 9.66. The van der Waals surface area contributed by atoms with Gasteiger partial charge in [-0.1, -0.05) is 31.2 Å². The molecule has 4 atom stereocenters. The molecule has 0 aromatic heterocycles. The first kappa shape index (κ1) is 22.5. The van der Waals surface area contributed by atoms with Crippen LogP contribution in [0, 0.1) is 11.8 Å². The monoisotopic (exact) mass is 490 g/mol. The van der Waals surface area contributed by atoms with E-state index in [1.807, 2.05) is 25.1 Å². The third-order valence-electron chi connectivity index (χ3n) is 7.79. The third-order valence-corrected chi connectivity index (χ3v) is 7.79. The van der Waals surface area contributed by atoms with Crippen molar-refractivity contribution in [1.82, 2.24) is 10.2 Å². The molecule has 1 spiro atoms. The third kappa shape index (κ3) is 3.07. The molecule has 10 nitrogen and oxygen atoms in total. The molecule has 4 amide bonds. The molecule has 0 bridgehead atoms. The van der Waals surface area contributed by atoms with Crippen LogP contribution < -0.4 is 25.8 Å². The van der Waals surface area contributed by atoms with E-state index in [1.165, 1.54) is 4.90 Å². The van der Waals surface area contributed by atoms with Gasteiger partial charge in [-0.25, -0.2) is 0 Å². The van der Waals surface area contributed by atoms with Crippen LogP contribution in [0.25, 0.3) is 0 Å². The lowest BCUT2D eigenvalue weighted by Gasteiger charge is -2.29. The van der Waals surface area contributed by atoms with E-state index in [-0.39, 0.29) is 38.0 Å². The van der Waals surface area contributed by atoms with Crippen molar-refractivity contribution in [3.63, 3.8) is 0 Å². The van der Waals surface area contributed by atoms with Gasteiger partial charge in [0.1, 0.15) is 5.54 Å². The number of rotatable bonds is 6. The van der Waals surface area contributed by atoms with Crippen molar-refractivity contribution in [2.24, 2.45) is 17.6 Å². The van der Waals surface area contributed by atoms with Crippen LogP contribution in [-0.2, 0) is 37.7 Å². The van der Waals surface area contributed by atoms with E-state index in [2.05, 4.69) is 10.6 Å². The Morgan fingerprint density at radius 2 is 1.94 bits per heavy atom. The van der Waals surface area contributed by atoms with Crippen LogP contribution in [0.4, 0.5) is 5.69 Å². The Balaban J connectivity index is 1.41. The minimum absolute atomic E-state index is 0.0318. The van der Waals surface area contributed by atoms with Crippen molar-refractivity contribution in [3.05, 3.63) is 53.1 Å². The van der Waals surface area contributed by atoms with E-state index in [1.54, 1.807) is 18.2 Å². The molecular weight excluding hydrogens is 464 g/mol. The Kier molecular flexibility index (Phi) is 5.04. The molecule has 4 aliphatic rings. The summed E-state index contributed by atoms with van der Waals surface area (Å²) in [4.78, 5) is 54.1. The lowest BCUT2D eigenvalue weighted by molar-refractivity contribution is -0.143. The number of anilines is 1. The molecule has 36 heavy (non-hydrogen) atoms. The van der Waals surface area contributed by atoms with Crippen molar-refractivity contribution in [2.45, 2.75) is 44.3 Å². The highest BCUT2D eigenvalue weighted by atomic mass is 16.7. The number of primary amides is 1. The summed E-state index contributed by atoms with van der Waals surface area (Å²) in [5.41, 5.74) is 7.00. The summed E-state index contributed by atoms with van der Waals surface area (Å²) in [6.45, 7) is 2.16. The number of nitrogens with one attached hydrogen (secondary N) is 2. The van der Waals surface area contributed by atoms with E-state index < -0.39 is 35.2 Å². The SMILES string of the molecule is CCc1cccc2c1NC(=O)[C@@]21N[C@H](CCC(N)=O)[C@H]2C(=O)N(Cc3ccc4c(c3)OCO4)C(=O)[C@@H]21. The zero-order valence-electron chi connectivity index (χ0n) is 19.7. The molecular formula is C26H26N4O6. The highest BCUT2D eigenvalue weighted by Crippen LogP contribution is 2.54. The van der Waals surface area contributed by atoms with Crippen LogP contribution in [-0.4, -0.2) is 41.4 Å². The molecule has 186 valence electrons. The lowest BCUT2D eigenvalue weighted by atomic mass is 9.76. The minimum atomic E-state index is -1.40. The fourth-order valence-electron chi connectivity index (χ4n) is 6.17. The second-order valence-electron chi connectivity index (χ2n) is 9.66. The number of carbonyl (C=O) groups is 4. The summed E-state index contributed by atoms with van der Waals surface area (Å²) in [5.74, 6) is -2.22. The van der Waals surface area contributed by atoms with Crippen LogP contribution in [0.3, 0.4) is 0 Å². The van der Waals surface area contributed by atoms with E-state index in [9.17, 15) is 19.2 Å². The molecule has 2 saturated heterocycles. The molecule has 4 N–H and O–H groups in total. The molecule has 10 heteroatoms. The normalized spacial score (nSPS) is 27.5. The predicted molar refractivity (Wildman–Crippen MR) is 127 cm³/mol. The number of likely N-dealkylation sites (tertiary alicyclic amines) is 1. The topological polar surface area (TPSA) is 140 Å². The van der Waals surface area contributed by atoms with Crippen LogP contribution in [0.2, 0.25) is 0 Å². The fourth-order valence-corrected chi connectivity index (χ4v) is 6.17. The van der Waals surface area contributed by atoms with Crippen molar-refractivity contribution in [3.8, 4) is 11.5 Å². The average Bonchev–Trinajstić information content (AvgIpc) is 3.59. The van der Waals surface area contributed by atoms with Gasteiger partial charge in [-0.05, 0) is 36.1 Å². The first-order valence-corrected chi connectivity index (χ1v) is 12.1. The number of hydrogen-bond donors (Lipinski definition) is 3. The van der Waals surface area contributed by atoms with Gasteiger partial charge < -0.3 is 20.5 Å². The maximum Gasteiger partial charge on any atom is 0.250 e. The van der Waals surface area contributed by atoms with Gasteiger partial charge in [0.2, 0.25) is 30.4 Å². The molecule has 6 rings (SSSR count). The Bertz CT molecular complexity index is 1330. The van der Waals surface area contributed by atoms with Crippen molar-refractivity contribution in [1.29, 1.82) is 0 Å². The number of benzene rings is 2. The van der Waals surface area contributed by atoms with Gasteiger partial charge in [0.15, 0.2) is 11.5 Å². The number of para-hydroxylation sites is 1. The summed E-state index contributed by atoms with van der Waals surface area (Å²) in [6.07, 6.45) is 0.969. The van der Waals surface area contributed by atoms with Crippen LogP contribution in [0.1, 0.15) is 36.5 Å². The number of fused-ring (bicyclic) bond motifs is 5. The lowest BCUT2D eigenvalue weighted by Crippen LogP contribution is -2.53. The maximum atomic E-state index is 13.9. The number of nitrogens with two attached hydrogens (primary N) is 1. The zero-order valence-corrected chi connectivity index (χ0v) is 19.7. The van der Waals surface area contributed by atoms with Crippen molar-refractivity contribution < 1.29 is 28.7 Å². The average molecular weight is 491 g/mol. The molecule has 0 unspecified atom stereocenters. The summed E-state index contributed by atoms with van der Waals surface area (Å²) in [6, 6.07) is 10.3. The summed E-state index contributed by atoms with van der Waals surface area (Å²) in [7, 11) is 0. The number of hydrogen-bond acceptors (Lipinski definition) is 7. The van der Waals surface area contributed by atoms with E-state index in [0.717, 1.165) is 5.56 Å². The second kappa shape index (κ2) is 8.06. The highest BCUT2D eigenvalue weighted by molar-refractivity contribution is 6.15. The predicted octanol–water partition coefficient (Wildman–Crippen LogP) is 1.16. The zero-order chi connectivity index (χ0) is 25.2. The van der Waals surface area contributed by atoms with Crippen molar-refractivity contribution >= 4 is 29.3 Å². The fraction of sp³-hybridized carbons (Fsp3) is 0.385. The van der Waals surface area contributed by atoms with Crippen LogP contribution >= 0.6 is 0 Å². The Morgan fingerprint density at radius 3 is 2.72 bits per heavy atom. The smallest absolute Gasteiger partial charge is 0.250 e. The number of amides is 4. The summed E-state index contributed by atoms with van der Waals surface area (Å²) < 4.78 is 10.8. The molecule has 2 fully saturated rings. The molecule has 0 radical (unpaired) electrons. The minimum Gasteiger partial charge on any atom is -0.454 e. The van der Waals surface area contributed by atoms with Crippen LogP contribution in [0.15, 0.2) is 36.4 Å². The maximum absolute atomic E-state index is 13.9. The molecule has 0 saturated carbocycles. The van der Waals surface area contributed by atoms with E-state index >= 15 is 0 Å². The molecule has 4 heterocycles. The molecule has 2 aromatic carbocycles. The van der Waals surface area contributed by atoms with Gasteiger partial charge in [-0.2, -0.15) is 0 Å². The quantitative estimate of drug-likeness (QED) is 0.516. The highest BCUT2D eigenvalue weighted by Gasteiger charge is 2.70. The number of imide groups is 1. The van der Waals surface area contributed by atoms with Crippen molar-refractivity contribution in [2.75, 3.05) is 12.1 Å². The van der Waals surface area contributed by atoms with E-state index in [0.29, 0.717) is 34.7 Å². The molecule has 4 aliphatic heterocycles. The van der Waals surface area contributed by atoms with E-state index in [4.69, 9.17) is 15.2 Å². The summed E-state index contributed by atoms with van der Waals surface area (Å²) in [5, 5.41) is 6.31. The largest absolute Gasteiger partial charge is 0.454 e. The first-order chi connectivity index (χ1) is 17.3. The van der Waals surface area contributed by atoms with Gasteiger partial charge in [-0.15, -0.1) is 0 Å². The molecule has 0 aliphatic carbocycles. The van der Waals surface area contributed by atoms with Gasteiger partial charge in [0, 0.05) is 23.7 Å². The Labute approximate surface area is 207 Å². The molecule has 2 aromatic rings.